The molecular weight excluding hydrogens is 226 g/mol. The molecule has 1 aromatic rings. The Morgan fingerprint density at radius 2 is 2.11 bits per heavy atom. The lowest BCUT2D eigenvalue weighted by molar-refractivity contribution is 0.00349. The molecular formula is C15H19NO2. The monoisotopic (exact) mass is 245 g/mol. The Hall–Kier alpha value is -1.44. The maximum absolute atomic E-state index is 10.1. The molecule has 0 amide bonds. The van der Waals surface area contributed by atoms with Crippen molar-refractivity contribution in [2.24, 2.45) is 10.9 Å². The van der Waals surface area contributed by atoms with E-state index in [-0.39, 0.29) is 0 Å². The van der Waals surface area contributed by atoms with Crippen LogP contribution in [0, 0.1) is 5.92 Å². The zero-order valence-corrected chi connectivity index (χ0v) is 10.5. The van der Waals surface area contributed by atoms with Crippen LogP contribution in [0.1, 0.15) is 31.2 Å². The molecule has 3 heteroatoms. The number of nitrogens with zero attached hydrogens (tertiary/aromatic N) is 1. The van der Waals surface area contributed by atoms with Gasteiger partial charge in [-0.3, -0.25) is 0 Å². The van der Waals surface area contributed by atoms with E-state index < -0.39 is 0 Å². The van der Waals surface area contributed by atoms with Crippen molar-refractivity contribution in [1.82, 2.24) is 0 Å². The van der Waals surface area contributed by atoms with E-state index in [0.717, 1.165) is 19.3 Å². The van der Waals surface area contributed by atoms with Gasteiger partial charge in [0.2, 0.25) is 6.08 Å². The maximum atomic E-state index is 10.1. The summed E-state index contributed by atoms with van der Waals surface area (Å²) >= 11 is 0. The summed E-state index contributed by atoms with van der Waals surface area (Å²) in [5, 5.41) is 0. The zero-order chi connectivity index (χ0) is 12.6. The van der Waals surface area contributed by atoms with Crippen molar-refractivity contribution >= 4 is 6.08 Å². The Morgan fingerprint density at radius 1 is 1.28 bits per heavy atom. The summed E-state index contributed by atoms with van der Waals surface area (Å²) in [6, 6.07) is 10.2. The molecule has 18 heavy (non-hydrogen) atoms. The largest absolute Gasteiger partial charge is 0.374 e. The summed E-state index contributed by atoms with van der Waals surface area (Å²) < 4.78 is 5.94. The molecule has 2 unspecified atom stereocenters. The van der Waals surface area contributed by atoms with Crippen LogP contribution in [-0.2, 0) is 16.1 Å². The Kier molecular flexibility index (Phi) is 5.13. The predicted molar refractivity (Wildman–Crippen MR) is 70.0 cm³/mol. The minimum Gasteiger partial charge on any atom is -0.374 e. The highest BCUT2D eigenvalue weighted by atomic mass is 16.5. The van der Waals surface area contributed by atoms with Crippen LogP contribution < -0.4 is 0 Å². The van der Waals surface area contributed by atoms with Gasteiger partial charge in [-0.15, -0.1) is 0 Å². The van der Waals surface area contributed by atoms with Gasteiger partial charge < -0.3 is 4.74 Å². The van der Waals surface area contributed by atoms with Gasteiger partial charge in [-0.1, -0.05) is 36.8 Å². The highest BCUT2D eigenvalue weighted by molar-refractivity contribution is 5.32. The van der Waals surface area contributed by atoms with Gasteiger partial charge in [0.05, 0.1) is 19.3 Å². The summed E-state index contributed by atoms with van der Waals surface area (Å²) in [4.78, 5) is 13.8. The van der Waals surface area contributed by atoms with Gasteiger partial charge in [0, 0.05) is 0 Å². The fourth-order valence-electron chi connectivity index (χ4n) is 2.51. The average Bonchev–Trinajstić information content (AvgIpc) is 2.44. The number of rotatable bonds is 5. The lowest BCUT2D eigenvalue weighted by Crippen LogP contribution is -2.24. The molecule has 0 bridgehead atoms. The van der Waals surface area contributed by atoms with Crippen molar-refractivity contribution in [3.8, 4) is 0 Å². The molecule has 0 aromatic heterocycles. The molecule has 96 valence electrons. The molecule has 0 saturated heterocycles. The van der Waals surface area contributed by atoms with Gasteiger partial charge in [-0.2, -0.15) is 0 Å². The van der Waals surface area contributed by atoms with Gasteiger partial charge >= 0.3 is 0 Å². The summed E-state index contributed by atoms with van der Waals surface area (Å²) in [5.74, 6) is 0.487. The number of ether oxygens (including phenoxy) is 1. The first kappa shape index (κ1) is 13.0. The lowest BCUT2D eigenvalue weighted by Gasteiger charge is -2.28. The predicted octanol–water partition coefficient (Wildman–Crippen LogP) is 3.10. The molecule has 1 aromatic carbocycles. The third-order valence-electron chi connectivity index (χ3n) is 3.48. The molecule has 1 saturated carbocycles. The molecule has 1 aliphatic rings. The number of hydrogen-bond acceptors (Lipinski definition) is 3. The van der Waals surface area contributed by atoms with Crippen molar-refractivity contribution in [2.75, 3.05) is 6.54 Å². The topological polar surface area (TPSA) is 38.7 Å². The average molecular weight is 245 g/mol. The fraction of sp³-hybridized carbons (Fsp3) is 0.533. The summed E-state index contributed by atoms with van der Waals surface area (Å²) in [7, 11) is 0. The minimum atomic E-state index is 0.311. The molecule has 0 N–H and O–H groups in total. The van der Waals surface area contributed by atoms with Crippen LogP contribution in [-0.4, -0.2) is 18.7 Å². The maximum Gasteiger partial charge on any atom is 0.234 e. The van der Waals surface area contributed by atoms with E-state index in [1.165, 1.54) is 12.0 Å². The third kappa shape index (κ3) is 4.10. The van der Waals surface area contributed by atoms with Crippen LogP contribution >= 0.6 is 0 Å². The van der Waals surface area contributed by atoms with E-state index in [1.54, 1.807) is 6.08 Å². The second kappa shape index (κ2) is 7.10. The van der Waals surface area contributed by atoms with Crippen molar-refractivity contribution in [1.29, 1.82) is 0 Å². The zero-order valence-electron chi connectivity index (χ0n) is 10.5. The second-order valence-corrected chi connectivity index (χ2v) is 4.88. The highest BCUT2D eigenvalue weighted by Gasteiger charge is 2.22. The van der Waals surface area contributed by atoms with E-state index >= 15 is 0 Å². The smallest absolute Gasteiger partial charge is 0.234 e. The highest BCUT2D eigenvalue weighted by Crippen LogP contribution is 2.27. The van der Waals surface area contributed by atoms with Crippen LogP contribution in [0.3, 0.4) is 0 Å². The quantitative estimate of drug-likeness (QED) is 0.590. The van der Waals surface area contributed by atoms with Crippen molar-refractivity contribution < 1.29 is 9.53 Å². The second-order valence-electron chi connectivity index (χ2n) is 4.88. The first-order valence-electron chi connectivity index (χ1n) is 6.57. The first-order valence-corrected chi connectivity index (χ1v) is 6.57. The molecule has 0 aliphatic heterocycles. The van der Waals surface area contributed by atoms with E-state index in [1.807, 2.05) is 18.2 Å². The number of carbonyl (C=O) groups excluding carboxylic acids is 1. The Balaban J connectivity index is 1.77. The molecule has 2 atom stereocenters. The van der Waals surface area contributed by atoms with Gasteiger partial charge in [-0.25, -0.2) is 9.79 Å². The molecule has 1 fully saturated rings. The molecule has 2 rings (SSSR count). The lowest BCUT2D eigenvalue weighted by atomic mass is 9.87. The molecule has 3 nitrogen and oxygen atoms in total. The van der Waals surface area contributed by atoms with Gasteiger partial charge in [0.1, 0.15) is 0 Å². The summed E-state index contributed by atoms with van der Waals surface area (Å²) in [6.07, 6.45) is 6.38. The molecule has 0 heterocycles. The Labute approximate surface area is 108 Å². The normalized spacial score (nSPS) is 23.3. The molecule has 1 aliphatic carbocycles. The standard InChI is InChI=1S/C15H19NO2/c17-12-16-10-14-7-4-8-15(9-14)18-11-13-5-2-1-3-6-13/h1-3,5-6,14-15H,4,7-11H2. The number of hydrogen-bond donors (Lipinski definition) is 0. The van der Waals surface area contributed by atoms with Crippen molar-refractivity contribution in [3.05, 3.63) is 35.9 Å². The van der Waals surface area contributed by atoms with Gasteiger partial charge in [0.25, 0.3) is 0 Å². The van der Waals surface area contributed by atoms with Crippen LogP contribution in [0.2, 0.25) is 0 Å². The van der Waals surface area contributed by atoms with Gasteiger partial charge in [-0.05, 0) is 30.7 Å². The Bertz CT molecular complexity index is 398. The summed E-state index contributed by atoms with van der Waals surface area (Å²) in [5.41, 5.74) is 1.21. The number of benzene rings is 1. The SMILES string of the molecule is O=C=NCC1CCCC(OCc2ccccc2)C1. The number of aliphatic imine (C=N–C) groups is 1. The van der Waals surface area contributed by atoms with Crippen LogP contribution in [0.15, 0.2) is 35.3 Å². The number of isocyanates is 1. The van der Waals surface area contributed by atoms with Gasteiger partial charge in [0.15, 0.2) is 0 Å². The summed E-state index contributed by atoms with van der Waals surface area (Å²) in [6.45, 7) is 1.28. The van der Waals surface area contributed by atoms with E-state index in [9.17, 15) is 4.79 Å². The van der Waals surface area contributed by atoms with Crippen LogP contribution in [0.25, 0.3) is 0 Å². The van der Waals surface area contributed by atoms with E-state index in [0.29, 0.717) is 25.2 Å². The first-order chi connectivity index (χ1) is 8.88. The third-order valence-corrected chi connectivity index (χ3v) is 3.48. The van der Waals surface area contributed by atoms with E-state index in [2.05, 4.69) is 17.1 Å². The van der Waals surface area contributed by atoms with E-state index in [4.69, 9.17) is 4.74 Å². The fourth-order valence-corrected chi connectivity index (χ4v) is 2.51. The molecule has 0 spiro atoms. The Morgan fingerprint density at radius 3 is 2.89 bits per heavy atom. The van der Waals surface area contributed by atoms with Crippen molar-refractivity contribution in [3.63, 3.8) is 0 Å². The van der Waals surface area contributed by atoms with Crippen LogP contribution in [0.5, 0.6) is 0 Å². The molecule has 0 radical (unpaired) electrons. The minimum absolute atomic E-state index is 0.311. The van der Waals surface area contributed by atoms with Crippen LogP contribution in [0.4, 0.5) is 0 Å². The van der Waals surface area contributed by atoms with Crippen molar-refractivity contribution in [2.45, 2.75) is 38.4 Å².